The van der Waals surface area contributed by atoms with E-state index in [1.807, 2.05) is 49.4 Å². The van der Waals surface area contributed by atoms with Gasteiger partial charge in [0.1, 0.15) is 5.75 Å². The Labute approximate surface area is 190 Å². The van der Waals surface area contributed by atoms with Crippen LogP contribution in [0, 0.1) is 12.8 Å². The molecule has 1 aliphatic rings. The van der Waals surface area contributed by atoms with E-state index >= 15 is 0 Å². The second kappa shape index (κ2) is 9.86. The van der Waals surface area contributed by atoms with Gasteiger partial charge in [-0.2, -0.15) is 4.72 Å². The third-order valence-electron chi connectivity index (χ3n) is 6.18. The molecule has 3 atom stereocenters. The predicted octanol–water partition coefficient (Wildman–Crippen LogP) is 4.24. The highest BCUT2D eigenvalue weighted by atomic mass is 32.2. The zero-order valence-electron chi connectivity index (χ0n) is 18.5. The van der Waals surface area contributed by atoms with Crippen LogP contribution in [0.5, 0.6) is 5.75 Å². The van der Waals surface area contributed by atoms with Crippen LogP contribution < -0.4 is 14.8 Å². The highest BCUT2D eigenvalue weighted by Crippen LogP contribution is 2.32. The fraction of sp³-hybridized carbons (Fsp3) is 0.308. The van der Waals surface area contributed by atoms with Crippen LogP contribution in [0.2, 0.25) is 0 Å². The van der Waals surface area contributed by atoms with Gasteiger partial charge >= 0.3 is 0 Å². The first-order chi connectivity index (χ1) is 15.4. The maximum atomic E-state index is 13.1. The minimum atomic E-state index is -3.62. The van der Waals surface area contributed by atoms with Crippen molar-refractivity contribution in [2.24, 2.45) is 5.92 Å². The molecule has 168 valence electrons. The zero-order valence-corrected chi connectivity index (χ0v) is 19.3. The topological polar surface area (TPSA) is 67.4 Å². The summed E-state index contributed by atoms with van der Waals surface area (Å²) in [6.07, 6.45) is 1.34. The largest absolute Gasteiger partial charge is 0.497 e. The molecule has 4 rings (SSSR count). The Kier molecular flexibility index (Phi) is 6.94. The van der Waals surface area contributed by atoms with E-state index in [0.29, 0.717) is 17.4 Å². The summed E-state index contributed by atoms with van der Waals surface area (Å²) in [5.74, 6) is 1.25. The summed E-state index contributed by atoms with van der Waals surface area (Å²) >= 11 is 0. The van der Waals surface area contributed by atoms with Gasteiger partial charge in [0.25, 0.3) is 0 Å². The predicted molar refractivity (Wildman–Crippen MR) is 127 cm³/mol. The molecular weight excluding hydrogens is 420 g/mol. The Hall–Kier alpha value is -2.67. The fourth-order valence-corrected chi connectivity index (χ4v) is 5.60. The molecule has 0 bridgehead atoms. The summed E-state index contributed by atoms with van der Waals surface area (Å²) in [7, 11) is -1.96. The minimum Gasteiger partial charge on any atom is -0.497 e. The van der Waals surface area contributed by atoms with Crippen LogP contribution in [0.3, 0.4) is 0 Å². The lowest BCUT2D eigenvalue weighted by Gasteiger charge is -2.38. The summed E-state index contributed by atoms with van der Waals surface area (Å²) in [5, 5.41) is 3.48. The zero-order chi connectivity index (χ0) is 22.6. The van der Waals surface area contributed by atoms with Gasteiger partial charge in [-0.15, -0.1) is 0 Å². The van der Waals surface area contributed by atoms with Crippen LogP contribution in [-0.2, 0) is 16.4 Å². The Bertz CT molecular complexity index is 1110. The Morgan fingerprint density at radius 3 is 2.31 bits per heavy atom. The average molecular weight is 451 g/mol. The second-order valence-electron chi connectivity index (χ2n) is 8.48. The summed E-state index contributed by atoms with van der Waals surface area (Å²) in [6, 6.07) is 25.4. The highest BCUT2D eigenvalue weighted by molar-refractivity contribution is 7.89. The van der Waals surface area contributed by atoms with E-state index in [0.717, 1.165) is 24.2 Å². The molecule has 2 N–H and O–H groups in total. The molecule has 3 unspecified atom stereocenters. The lowest BCUT2D eigenvalue weighted by atomic mass is 9.81. The van der Waals surface area contributed by atoms with Crippen molar-refractivity contribution in [3.05, 3.63) is 95.6 Å². The number of aryl methyl sites for hydroxylation is 1. The number of hydrogen-bond acceptors (Lipinski definition) is 4. The first-order valence-corrected chi connectivity index (χ1v) is 12.4. The van der Waals surface area contributed by atoms with Crippen molar-refractivity contribution in [2.75, 3.05) is 13.7 Å². The summed E-state index contributed by atoms with van der Waals surface area (Å²) in [5.41, 5.74) is 3.47. The van der Waals surface area contributed by atoms with Gasteiger partial charge in [-0.05, 0) is 67.0 Å². The number of nitrogens with one attached hydrogen (secondary N) is 2. The molecule has 1 heterocycles. The van der Waals surface area contributed by atoms with Crippen molar-refractivity contribution in [3.63, 3.8) is 0 Å². The van der Waals surface area contributed by atoms with Gasteiger partial charge in [0.15, 0.2) is 0 Å². The van der Waals surface area contributed by atoms with Crippen LogP contribution in [0.4, 0.5) is 0 Å². The SMILES string of the molecule is COc1ccc(C2CNC(NS(=O)(=O)c3ccc(C)cc3)C(Cc3ccccc3)C2)cc1. The molecule has 0 spiro atoms. The molecule has 3 aromatic carbocycles. The minimum absolute atomic E-state index is 0.110. The first-order valence-electron chi connectivity index (χ1n) is 10.9. The van der Waals surface area contributed by atoms with E-state index in [9.17, 15) is 8.42 Å². The van der Waals surface area contributed by atoms with Gasteiger partial charge < -0.3 is 10.1 Å². The van der Waals surface area contributed by atoms with Gasteiger partial charge in [0.05, 0.1) is 18.2 Å². The van der Waals surface area contributed by atoms with Crippen molar-refractivity contribution in [1.82, 2.24) is 10.0 Å². The molecule has 0 aromatic heterocycles. The number of benzene rings is 3. The Balaban J connectivity index is 1.55. The molecule has 5 nitrogen and oxygen atoms in total. The molecule has 32 heavy (non-hydrogen) atoms. The van der Waals surface area contributed by atoms with E-state index in [4.69, 9.17) is 4.74 Å². The molecule has 3 aromatic rings. The number of methoxy groups -OCH3 is 1. The van der Waals surface area contributed by atoms with Gasteiger partial charge in [-0.3, -0.25) is 0 Å². The van der Waals surface area contributed by atoms with Crippen LogP contribution in [0.25, 0.3) is 0 Å². The smallest absolute Gasteiger partial charge is 0.241 e. The van der Waals surface area contributed by atoms with E-state index < -0.39 is 10.0 Å². The van der Waals surface area contributed by atoms with E-state index in [1.54, 1.807) is 19.2 Å². The third-order valence-corrected chi connectivity index (χ3v) is 7.64. The third kappa shape index (κ3) is 5.38. The summed E-state index contributed by atoms with van der Waals surface area (Å²) in [4.78, 5) is 0.292. The standard InChI is InChI=1S/C26H30N2O3S/c1-19-8-14-25(15-9-19)32(29,30)28-26-22(16-20-6-4-3-5-7-20)17-23(18-27-26)21-10-12-24(31-2)13-11-21/h3-15,22-23,26-28H,16-18H2,1-2H3. The van der Waals surface area contributed by atoms with Gasteiger partial charge in [0.2, 0.25) is 10.0 Å². The monoisotopic (exact) mass is 450 g/mol. The van der Waals surface area contributed by atoms with Gasteiger partial charge in [-0.1, -0.05) is 60.2 Å². The average Bonchev–Trinajstić information content (AvgIpc) is 2.81. The normalized spacial score (nSPS) is 21.2. The van der Waals surface area contributed by atoms with Gasteiger partial charge in [-0.25, -0.2) is 8.42 Å². The first kappa shape index (κ1) is 22.5. The Morgan fingerprint density at radius 2 is 1.66 bits per heavy atom. The van der Waals surface area contributed by atoms with Gasteiger partial charge in [0, 0.05) is 6.54 Å². The molecule has 0 saturated carbocycles. The fourth-order valence-electron chi connectivity index (χ4n) is 4.36. The molecule has 1 fully saturated rings. The van der Waals surface area contributed by atoms with E-state index in [-0.39, 0.29) is 12.1 Å². The van der Waals surface area contributed by atoms with Crippen molar-refractivity contribution in [2.45, 2.75) is 36.7 Å². The molecule has 0 aliphatic carbocycles. The number of sulfonamides is 1. The quantitative estimate of drug-likeness (QED) is 0.565. The maximum Gasteiger partial charge on any atom is 0.241 e. The summed E-state index contributed by atoms with van der Waals surface area (Å²) < 4.78 is 34.4. The van der Waals surface area contributed by atoms with Crippen molar-refractivity contribution < 1.29 is 13.2 Å². The molecule has 0 amide bonds. The molecule has 6 heteroatoms. The molecular formula is C26H30N2O3S. The number of piperidine rings is 1. The molecule has 0 radical (unpaired) electrons. The molecule has 1 aliphatic heterocycles. The van der Waals surface area contributed by atoms with Crippen molar-refractivity contribution >= 4 is 10.0 Å². The van der Waals surface area contributed by atoms with Crippen LogP contribution in [-0.4, -0.2) is 28.2 Å². The van der Waals surface area contributed by atoms with Crippen LogP contribution in [0.15, 0.2) is 83.8 Å². The summed E-state index contributed by atoms with van der Waals surface area (Å²) in [6.45, 7) is 2.65. The Morgan fingerprint density at radius 1 is 0.969 bits per heavy atom. The highest BCUT2D eigenvalue weighted by Gasteiger charge is 2.34. The number of rotatable bonds is 7. The van der Waals surface area contributed by atoms with Crippen molar-refractivity contribution in [1.29, 1.82) is 0 Å². The van der Waals surface area contributed by atoms with Crippen LogP contribution >= 0.6 is 0 Å². The lowest BCUT2D eigenvalue weighted by Crippen LogP contribution is -2.55. The second-order valence-corrected chi connectivity index (χ2v) is 10.2. The van der Waals surface area contributed by atoms with E-state index in [1.165, 1.54) is 11.1 Å². The molecule has 1 saturated heterocycles. The van der Waals surface area contributed by atoms with Crippen molar-refractivity contribution in [3.8, 4) is 5.75 Å². The number of hydrogen-bond donors (Lipinski definition) is 2. The number of ether oxygens (including phenoxy) is 1. The van der Waals surface area contributed by atoms with E-state index in [2.05, 4.69) is 34.3 Å². The maximum absolute atomic E-state index is 13.1. The van der Waals surface area contributed by atoms with Crippen LogP contribution in [0.1, 0.15) is 29.0 Å². The lowest BCUT2D eigenvalue weighted by molar-refractivity contribution is 0.242.